The van der Waals surface area contributed by atoms with E-state index in [9.17, 15) is 0 Å². The molecule has 0 unspecified atom stereocenters. The van der Waals surface area contributed by atoms with Crippen molar-refractivity contribution < 1.29 is 4.74 Å². The van der Waals surface area contributed by atoms with E-state index in [-0.39, 0.29) is 0 Å². The second-order valence-electron chi connectivity index (χ2n) is 4.62. The Labute approximate surface area is 132 Å². The van der Waals surface area contributed by atoms with Gasteiger partial charge in [-0.2, -0.15) is 8.75 Å². The van der Waals surface area contributed by atoms with Crippen molar-refractivity contribution >= 4 is 29.1 Å². The number of nitrogens with zero attached hydrogens (tertiary/aromatic N) is 2. The minimum Gasteiger partial charge on any atom is -0.493 e. The SMILES string of the molecule is C1=C(c2nsnc2SCCOc2ccccc2)CNCC1. The molecule has 3 rings (SSSR count). The molecule has 1 aliphatic heterocycles. The fourth-order valence-corrected chi connectivity index (χ4v) is 3.64. The van der Waals surface area contributed by atoms with Crippen LogP contribution in [0, 0.1) is 0 Å². The highest BCUT2D eigenvalue weighted by Gasteiger charge is 2.15. The molecule has 0 fully saturated rings. The van der Waals surface area contributed by atoms with Crippen molar-refractivity contribution in [1.29, 1.82) is 0 Å². The Balaban J connectivity index is 1.52. The summed E-state index contributed by atoms with van der Waals surface area (Å²) in [6.07, 6.45) is 3.33. The van der Waals surface area contributed by atoms with Gasteiger partial charge >= 0.3 is 0 Å². The van der Waals surface area contributed by atoms with Crippen LogP contribution in [-0.4, -0.2) is 34.2 Å². The summed E-state index contributed by atoms with van der Waals surface area (Å²) in [4.78, 5) is 0. The van der Waals surface area contributed by atoms with E-state index in [0.29, 0.717) is 6.61 Å². The van der Waals surface area contributed by atoms with Crippen LogP contribution in [0.1, 0.15) is 12.1 Å². The number of nitrogens with one attached hydrogen (secondary N) is 1. The van der Waals surface area contributed by atoms with Gasteiger partial charge in [-0.15, -0.1) is 0 Å². The average molecular weight is 319 g/mol. The van der Waals surface area contributed by atoms with Crippen LogP contribution in [0.15, 0.2) is 41.4 Å². The van der Waals surface area contributed by atoms with Gasteiger partial charge in [0.05, 0.1) is 18.3 Å². The van der Waals surface area contributed by atoms with Crippen LogP contribution in [-0.2, 0) is 0 Å². The van der Waals surface area contributed by atoms with Crippen molar-refractivity contribution in [2.24, 2.45) is 0 Å². The van der Waals surface area contributed by atoms with E-state index in [1.54, 1.807) is 11.8 Å². The Kier molecular flexibility index (Phi) is 5.26. The lowest BCUT2D eigenvalue weighted by molar-refractivity contribution is 0.344. The minimum atomic E-state index is 0.670. The van der Waals surface area contributed by atoms with Gasteiger partial charge in [0.2, 0.25) is 0 Å². The van der Waals surface area contributed by atoms with Crippen LogP contribution >= 0.6 is 23.5 Å². The molecule has 1 aliphatic rings. The molecule has 6 heteroatoms. The van der Waals surface area contributed by atoms with E-state index in [1.807, 2.05) is 30.3 Å². The van der Waals surface area contributed by atoms with Crippen molar-refractivity contribution in [3.05, 3.63) is 42.1 Å². The molecule has 21 heavy (non-hydrogen) atoms. The van der Waals surface area contributed by atoms with Gasteiger partial charge in [0.1, 0.15) is 16.5 Å². The van der Waals surface area contributed by atoms with Gasteiger partial charge in [0, 0.05) is 12.3 Å². The van der Waals surface area contributed by atoms with Crippen LogP contribution in [0.3, 0.4) is 0 Å². The Morgan fingerprint density at radius 3 is 2.95 bits per heavy atom. The van der Waals surface area contributed by atoms with Crippen LogP contribution in [0.4, 0.5) is 0 Å². The minimum absolute atomic E-state index is 0.670. The van der Waals surface area contributed by atoms with Crippen LogP contribution < -0.4 is 10.1 Å². The lowest BCUT2D eigenvalue weighted by Crippen LogP contribution is -2.21. The zero-order chi connectivity index (χ0) is 14.3. The Morgan fingerprint density at radius 2 is 2.14 bits per heavy atom. The maximum absolute atomic E-state index is 5.70. The van der Waals surface area contributed by atoms with Crippen molar-refractivity contribution in [2.75, 3.05) is 25.4 Å². The third-order valence-electron chi connectivity index (χ3n) is 3.12. The van der Waals surface area contributed by atoms with Gasteiger partial charge in [0.25, 0.3) is 0 Å². The molecule has 110 valence electrons. The fraction of sp³-hybridized carbons (Fsp3) is 0.333. The molecule has 0 spiro atoms. The van der Waals surface area contributed by atoms with Crippen LogP contribution in [0.25, 0.3) is 5.57 Å². The molecule has 0 saturated heterocycles. The molecule has 2 aromatic rings. The van der Waals surface area contributed by atoms with E-state index in [2.05, 4.69) is 20.1 Å². The van der Waals surface area contributed by atoms with Crippen molar-refractivity contribution in [3.63, 3.8) is 0 Å². The average Bonchev–Trinajstić information content (AvgIpc) is 3.02. The van der Waals surface area contributed by atoms with Crippen molar-refractivity contribution in [3.8, 4) is 5.75 Å². The smallest absolute Gasteiger partial charge is 0.138 e. The molecule has 0 atom stereocenters. The molecule has 0 saturated carbocycles. The largest absolute Gasteiger partial charge is 0.493 e. The lowest BCUT2D eigenvalue weighted by Gasteiger charge is -2.13. The normalized spacial score (nSPS) is 14.8. The molecule has 0 radical (unpaired) electrons. The molecule has 1 aromatic carbocycles. The summed E-state index contributed by atoms with van der Waals surface area (Å²) < 4.78 is 14.5. The number of ether oxygens (including phenoxy) is 1. The molecule has 1 aromatic heterocycles. The fourth-order valence-electron chi connectivity index (χ4n) is 2.11. The summed E-state index contributed by atoms with van der Waals surface area (Å²) in [5, 5.41) is 4.39. The third kappa shape index (κ3) is 4.06. The highest BCUT2D eigenvalue weighted by atomic mass is 32.2. The van der Waals surface area contributed by atoms with Crippen molar-refractivity contribution in [1.82, 2.24) is 14.1 Å². The first-order valence-corrected chi connectivity index (χ1v) is 8.68. The summed E-state index contributed by atoms with van der Waals surface area (Å²) >= 11 is 2.99. The van der Waals surface area contributed by atoms with Gasteiger partial charge in [-0.25, -0.2) is 0 Å². The van der Waals surface area contributed by atoms with Gasteiger partial charge in [-0.1, -0.05) is 36.0 Å². The molecule has 2 heterocycles. The number of rotatable bonds is 6. The summed E-state index contributed by atoms with van der Waals surface area (Å²) in [5.74, 6) is 1.78. The van der Waals surface area contributed by atoms with E-state index >= 15 is 0 Å². The molecule has 1 N–H and O–H groups in total. The number of aromatic nitrogens is 2. The Hall–Kier alpha value is -1.37. The molecule has 4 nitrogen and oxygen atoms in total. The van der Waals surface area contributed by atoms with E-state index in [1.165, 1.54) is 17.3 Å². The van der Waals surface area contributed by atoms with E-state index < -0.39 is 0 Å². The zero-order valence-electron chi connectivity index (χ0n) is 11.6. The Bertz CT molecular complexity index is 598. The standard InChI is InChI=1S/C15H17N3OS2/c1-2-6-13(7-3-1)19-9-10-20-15-14(17-21-18-15)12-5-4-8-16-11-12/h1-3,5-7,16H,4,8-11H2. The quantitative estimate of drug-likeness (QED) is 0.655. The lowest BCUT2D eigenvalue weighted by atomic mass is 10.1. The van der Waals surface area contributed by atoms with Crippen LogP contribution in [0.2, 0.25) is 0 Å². The third-order valence-corrected chi connectivity index (χ3v) is 4.70. The monoisotopic (exact) mass is 319 g/mol. The zero-order valence-corrected chi connectivity index (χ0v) is 13.3. The number of para-hydroxylation sites is 1. The number of hydrogen-bond acceptors (Lipinski definition) is 6. The van der Waals surface area contributed by atoms with Crippen molar-refractivity contribution in [2.45, 2.75) is 11.4 Å². The first kappa shape index (κ1) is 14.6. The van der Waals surface area contributed by atoms with Crippen LogP contribution in [0.5, 0.6) is 5.75 Å². The second-order valence-corrected chi connectivity index (χ2v) is 6.23. The molecule has 0 aliphatic carbocycles. The molecular weight excluding hydrogens is 302 g/mol. The first-order chi connectivity index (χ1) is 10.4. The van der Waals surface area contributed by atoms with Gasteiger partial charge in [-0.3, -0.25) is 0 Å². The molecule has 0 amide bonds. The Morgan fingerprint density at radius 1 is 1.24 bits per heavy atom. The van der Waals surface area contributed by atoms with Gasteiger partial charge in [0.15, 0.2) is 0 Å². The second kappa shape index (κ2) is 7.59. The summed E-state index contributed by atoms with van der Waals surface area (Å²) in [5.41, 5.74) is 2.30. The summed E-state index contributed by atoms with van der Waals surface area (Å²) in [6.45, 7) is 2.61. The van der Waals surface area contributed by atoms with Gasteiger partial charge in [-0.05, 0) is 30.7 Å². The predicted octanol–water partition coefficient (Wildman–Crippen LogP) is 3.09. The highest BCUT2D eigenvalue weighted by Crippen LogP contribution is 2.27. The van der Waals surface area contributed by atoms with Gasteiger partial charge < -0.3 is 10.1 Å². The van der Waals surface area contributed by atoms with E-state index in [0.717, 1.165) is 41.7 Å². The first-order valence-electron chi connectivity index (χ1n) is 6.97. The number of thioether (sulfide) groups is 1. The topological polar surface area (TPSA) is 47.0 Å². The highest BCUT2D eigenvalue weighted by molar-refractivity contribution is 7.99. The summed E-state index contributed by atoms with van der Waals surface area (Å²) in [7, 11) is 0. The molecular formula is C15H17N3OS2. The maximum atomic E-state index is 5.70. The number of hydrogen-bond donors (Lipinski definition) is 1. The number of benzene rings is 1. The van der Waals surface area contributed by atoms with E-state index in [4.69, 9.17) is 4.74 Å². The predicted molar refractivity (Wildman–Crippen MR) is 88.0 cm³/mol. The maximum Gasteiger partial charge on any atom is 0.138 e. The summed E-state index contributed by atoms with van der Waals surface area (Å²) in [6, 6.07) is 9.89. The molecule has 0 bridgehead atoms.